The summed E-state index contributed by atoms with van der Waals surface area (Å²) in [6.45, 7) is 2.02. The normalized spacial score (nSPS) is 12.6. The molecule has 8 heteroatoms. The molecule has 0 aliphatic carbocycles. The lowest BCUT2D eigenvalue weighted by Gasteiger charge is -2.07. The Labute approximate surface area is 130 Å². The number of fused-ring (bicyclic) bond motifs is 1. The number of unbranched alkanes of at least 4 members (excludes halogenated alkanes) is 1. The first-order valence-corrected chi connectivity index (χ1v) is 7.33. The minimum absolute atomic E-state index is 0.0108. The van der Waals surface area contributed by atoms with E-state index in [1.165, 1.54) is 10.8 Å². The van der Waals surface area contributed by atoms with E-state index in [-0.39, 0.29) is 34.5 Å². The smallest absolute Gasteiger partial charge is 0.303 e. The fourth-order valence-electron chi connectivity index (χ4n) is 2.22. The summed E-state index contributed by atoms with van der Waals surface area (Å²) in [7, 11) is 0. The number of halogens is 1. The number of rotatable bonds is 6. The molecule has 2 N–H and O–H groups in total. The summed E-state index contributed by atoms with van der Waals surface area (Å²) in [5, 5.41) is 22.7. The van der Waals surface area contributed by atoms with Crippen LogP contribution in [0.4, 0.5) is 0 Å². The first-order chi connectivity index (χ1) is 10.5. The van der Waals surface area contributed by atoms with Gasteiger partial charge in [-0.15, -0.1) is 0 Å². The molecule has 0 aromatic carbocycles. The molecule has 7 nitrogen and oxygen atoms in total. The van der Waals surface area contributed by atoms with E-state index >= 15 is 0 Å². The van der Waals surface area contributed by atoms with E-state index in [1.54, 1.807) is 0 Å². The van der Waals surface area contributed by atoms with Gasteiger partial charge in [-0.05, 0) is 12.8 Å². The van der Waals surface area contributed by atoms with E-state index in [9.17, 15) is 14.7 Å². The minimum Gasteiger partial charge on any atom is -0.511 e. The Balaban J connectivity index is 2.69. The fourth-order valence-corrected chi connectivity index (χ4v) is 2.48. The highest BCUT2D eigenvalue weighted by molar-refractivity contribution is 6.31. The van der Waals surface area contributed by atoms with Crippen LogP contribution in [0.25, 0.3) is 11.4 Å². The van der Waals surface area contributed by atoms with Crippen molar-refractivity contribution < 1.29 is 15.0 Å². The quantitative estimate of drug-likeness (QED) is 0.830. The SMILES string of the molecule is CCCCc1c(Cl)c(=O)/c(=C(/O)CCC(=O)O)c2ncnn12. The Kier molecular flexibility index (Phi) is 4.97. The zero-order chi connectivity index (χ0) is 16.3. The van der Waals surface area contributed by atoms with Gasteiger partial charge in [0.1, 0.15) is 22.3 Å². The van der Waals surface area contributed by atoms with Crippen molar-refractivity contribution in [2.75, 3.05) is 0 Å². The number of carboxylic acids is 1. The predicted molar refractivity (Wildman–Crippen MR) is 81.0 cm³/mol. The Morgan fingerprint density at radius 2 is 2.09 bits per heavy atom. The van der Waals surface area contributed by atoms with Gasteiger partial charge >= 0.3 is 5.97 Å². The van der Waals surface area contributed by atoms with Crippen LogP contribution in [-0.4, -0.2) is 30.8 Å². The van der Waals surface area contributed by atoms with Gasteiger partial charge < -0.3 is 10.2 Å². The summed E-state index contributed by atoms with van der Waals surface area (Å²) >= 11 is 6.13. The van der Waals surface area contributed by atoms with Crippen molar-refractivity contribution in [3.63, 3.8) is 0 Å². The number of nitrogens with zero attached hydrogens (tertiary/aromatic N) is 3. The van der Waals surface area contributed by atoms with Crippen molar-refractivity contribution in [2.45, 2.75) is 39.0 Å². The highest BCUT2D eigenvalue weighted by Crippen LogP contribution is 2.14. The predicted octanol–water partition coefficient (Wildman–Crippen LogP) is 1.34. The highest BCUT2D eigenvalue weighted by atomic mass is 35.5. The summed E-state index contributed by atoms with van der Waals surface area (Å²) in [5.74, 6) is -1.41. The van der Waals surface area contributed by atoms with Crippen LogP contribution in [0.15, 0.2) is 11.1 Å². The van der Waals surface area contributed by atoms with Crippen LogP contribution in [0.5, 0.6) is 0 Å². The molecule has 0 atom stereocenters. The van der Waals surface area contributed by atoms with Gasteiger partial charge in [-0.2, -0.15) is 5.10 Å². The van der Waals surface area contributed by atoms with E-state index < -0.39 is 11.4 Å². The van der Waals surface area contributed by atoms with Crippen LogP contribution in [0, 0.1) is 0 Å². The van der Waals surface area contributed by atoms with Gasteiger partial charge in [0.05, 0.1) is 12.1 Å². The lowest BCUT2D eigenvalue weighted by molar-refractivity contribution is -0.136. The average molecular weight is 326 g/mol. The summed E-state index contributed by atoms with van der Waals surface area (Å²) in [4.78, 5) is 27.0. The molecule has 0 aliphatic heterocycles. The molecule has 0 unspecified atom stereocenters. The van der Waals surface area contributed by atoms with Crippen molar-refractivity contribution in [1.29, 1.82) is 0 Å². The standard InChI is InChI=1S/C14H16ClN3O4/c1-2-3-4-8-12(15)13(22)11(9(19)5-6-10(20)21)14-16-7-17-18(8)14/h7,19H,2-6H2,1H3,(H,20,21)/b11-9-. The molecule has 2 heterocycles. The summed E-state index contributed by atoms with van der Waals surface area (Å²) in [6, 6.07) is 0. The number of carbonyl (C=O) groups is 1. The maximum atomic E-state index is 12.4. The highest BCUT2D eigenvalue weighted by Gasteiger charge is 2.17. The third-order valence-corrected chi connectivity index (χ3v) is 3.73. The Hall–Kier alpha value is -2.15. The molecule has 2 rings (SSSR count). The Morgan fingerprint density at radius 1 is 1.36 bits per heavy atom. The van der Waals surface area contributed by atoms with Crippen LogP contribution in [0.2, 0.25) is 5.02 Å². The Bertz CT molecular complexity index is 816. The largest absolute Gasteiger partial charge is 0.511 e. The van der Waals surface area contributed by atoms with Crippen molar-refractivity contribution in [1.82, 2.24) is 14.6 Å². The van der Waals surface area contributed by atoms with Gasteiger partial charge in [-0.3, -0.25) is 9.59 Å². The molecule has 0 saturated carbocycles. The van der Waals surface area contributed by atoms with Crippen molar-refractivity contribution in [2.24, 2.45) is 0 Å². The number of aryl methyl sites for hydroxylation is 1. The van der Waals surface area contributed by atoms with E-state index in [4.69, 9.17) is 16.7 Å². The third-order valence-electron chi connectivity index (χ3n) is 3.34. The summed E-state index contributed by atoms with van der Waals surface area (Å²) in [6.07, 6.45) is 3.15. The number of hydrogen-bond donors (Lipinski definition) is 2. The second kappa shape index (κ2) is 6.74. The second-order valence-corrected chi connectivity index (χ2v) is 5.28. The van der Waals surface area contributed by atoms with Crippen LogP contribution >= 0.6 is 11.6 Å². The molecule has 0 amide bonds. The number of aromatic nitrogens is 3. The fraction of sp³-hybridized carbons (Fsp3) is 0.429. The van der Waals surface area contributed by atoms with E-state index in [1.807, 2.05) is 6.92 Å². The maximum absolute atomic E-state index is 12.4. The first kappa shape index (κ1) is 16.2. The number of pyridine rings is 1. The van der Waals surface area contributed by atoms with E-state index in [0.29, 0.717) is 12.1 Å². The second-order valence-electron chi connectivity index (χ2n) is 4.90. The molecular weight excluding hydrogens is 310 g/mol. The molecule has 0 aliphatic rings. The molecule has 0 bridgehead atoms. The number of aliphatic carboxylic acids is 1. The number of aliphatic hydroxyl groups is 1. The zero-order valence-electron chi connectivity index (χ0n) is 12.0. The van der Waals surface area contributed by atoms with E-state index in [0.717, 1.165) is 12.8 Å². The van der Waals surface area contributed by atoms with Crippen LogP contribution in [0.3, 0.4) is 0 Å². The lowest BCUT2D eigenvalue weighted by atomic mass is 10.1. The number of carboxylic acid groups (broad SMARTS) is 1. The topological polar surface area (TPSA) is 105 Å². The molecule has 2 aromatic rings. The van der Waals surface area contributed by atoms with E-state index in [2.05, 4.69) is 10.1 Å². The van der Waals surface area contributed by atoms with Crippen molar-refractivity contribution in [3.05, 3.63) is 32.5 Å². The molecule has 118 valence electrons. The van der Waals surface area contributed by atoms with Crippen LogP contribution in [0.1, 0.15) is 38.3 Å². The molecule has 0 radical (unpaired) electrons. The summed E-state index contributed by atoms with van der Waals surface area (Å²) in [5.41, 5.74) is 0.204. The molecule has 0 saturated heterocycles. The lowest BCUT2D eigenvalue weighted by Crippen LogP contribution is -2.32. The minimum atomic E-state index is -1.07. The third kappa shape index (κ3) is 3.04. The molecular formula is C14H16ClN3O4. The average Bonchev–Trinajstić information content (AvgIpc) is 2.94. The zero-order valence-corrected chi connectivity index (χ0v) is 12.8. The number of aliphatic hydroxyl groups excluding tert-OH is 1. The molecule has 0 spiro atoms. The number of hydrogen-bond acceptors (Lipinski definition) is 5. The summed E-state index contributed by atoms with van der Waals surface area (Å²) < 4.78 is 1.44. The van der Waals surface area contributed by atoms with Gasteiger partial charge in [0.15, 0.2) is 5.65 Å². The molecule has 0 fully saturated rings. The first-order valence-electron chi connectivity index (χ1n) is 6.95. The van der Waals surface area contributed by atoms with Gasteiger partial charge in [0, 0.05) is 6.42 Å². The van der Waals surface area contributed by atoms with Gasteiger partial charge in [0.2, 0.25) is 5.43 Å². The van der Waals surface area contributed by atoms with Crippen LogP contribution < -0.4 is 10.6 Å². The van der Waals surface area contributed by atoms with Crippen molar-refractivity contribution in [3.8, 4) is 0 Å². The van der Waals surface area contributed by atoms with Crippen LogP contribution in [-0.2, 0) is 11.2 Å². The van der Waals surface area contributed by atoms with Gasteiger partial charge in [0.25, 0.3) is 0 Å². The van der Waals surface area contributed by atoms with Crippen molar-refractivity contribution >= 4 is 29.0 Å². The maximum Gasteiger partial charge on any atom is 0.303 e. The van der Waals surface area contributed by atoms with Gasteiger partial charge in [-0.25, -0.2) is 9.50 Å². The van der Waals surface area contributed by atoms with Gasteiger partial charge in [-0.1, -0.05) is 24.9 Å². The molecule has 2 aromatic heterocycles. The molecule has 22 heavy (non-hydrogen) atoms. The monoisotopic (exact) mass is 325 g/mol. The Morgan fingerprint density at radius 3 is 2.73 bits per heavy atom.